The van der Waals surface area contributed by atoms with Crippen molar-refractivity contribution in [3.05, 3.63) is 0 Å². The average Bonchev–Trinajstić information content (AvgIpc) is 2.71. The van der Waals surface area contributed by atoms with Crippen molar-refractivity contribution in [2.45, 2.75) is 32.2 Å². The van der Waals surface area contributed by atoms with E-state index in [1.54, 1.807) is 0 Å². The van der Waals surface area contributed by atoms with Crippen molar-refractivity contribution >= 4 is 17.5 Å². The average molecular weight is 245 g/mol. The molecule has 1 atom stereocenters. The summed E-state index contributed by atoms with van der Waals surface area (Å²) in [5, 5.41) is 0. The number of rotatable bonds is 3. The molecule has 0 aromatic heterocycles. The zero-order valence-corrected chi connectivity index (χ0v) is 10.7. The molecular weight excluding hydrogens is 224 g/mol. The molecule has 2 aliphatic rings. The Balaban J connectivity index is 1.87. The summed E-state index contributed by atoms with van der Waals surface area (Å²) in [6, 6.07) is 0.475. The van der Waals surface area contributed by atoms with E-state index in [4.69, 9.17) is 11.6 Å². The van der Waals surface area contributed by atoms with Crippen molar-refractivity contribution in [2.75, 3.05) is 32.1 Å². The summed E-state index contributed by atoms with van der Waals surface area (Å²) in [6.07, 6.45) is 2.93. The minimum atomic E-state index is 0.320. The maximum absolute atomic E-state index is 11.8. The first kappa shape index (κ1) is 12.2. The van der Waals surface area contributed by atoms with E-state index in [2.05, 4.69) is 16.7 Å². The van der Waals surface area contributed by atoms with Gasteiger partial charge in [0.2, 0.25) is 5.91 Å². The Morgan fingerprint density at radius 2 is 2.06 bits per heavy atom. The van der Waals surface area contributed by atoms with Crippen LogP contribution >= 0.6 is 11.6 Å². The summed E-state index contributed by atoms with van der Waals surface area (Å²) >= 11 is 5.84. The van der Waals surface area contributed by atoms with E-state index in [-0.39, 0.29) is 0 Å². The minimum absolute atomic E-state index is 0.320. The molecule has 92 valence electrons. The van der Waals surface area contributed by atoms with Gasteiger partial charge in [-0.25, -0.2) is 0 Å². The molecular formula is C12H21ClN2O. The summed E-state index contributed by atoms with van der Waals surface area (Å²) in [6.45, 7) is 6.49. The predicted molar refractivity (Wildman–Crippen MR) is 65.7 cm³/mol. The highest BCUT2D eigenvalue weighted by Gasteiger charge is 2.34. The van der Waals surface area contributed by atoms with Crippen molar-refractivity contribution < 1.29 is 4.79 Å². The highest BCUT2D eigenvalue weighted by molar-refractivity contribution is 6.18. The SMILES string of the molecule is CCN1CCC(N2CC(CCl)CC2=O)CC1. The van der Waals surface area contributed by atoms with Crippen molar-refractivity contribution in [3.63, 3.8) is 0 Å². The van der Waals surface area contributed by atoms with Gasteiger partial charge < -0.3 is 9.80 Å². The van der Waals surface area contributed by atoms with E-state index in [0.29, 0.717) is 30.2 Å². The van der Waals surface area contributed by atoms with Gasteiger partial charge in [-0.05, 0) is 25.3 Å². The Kier molecular flexibility index (Phi) is 4.09. The third kappa shape index (κ3) is 2.51. The van der Waals surface area contributed by atoms with E-state index in [1.807, 2.05) is 0 Å². The van der Waals surface area contributed by atoms with E-state index >= 15 is 0 Å². The molecule has 16 heavy (non-hydrogen) atoms. The Bertz CT molecular complexity index is 251. The van der Waals surface area contributed by atoms with E-state index in [1.165, 1.54) is 0 Å². The van der Waals surface area contributed by atoms with Crippen LogP contribution in [-0.2, 0) is 4.79 Å². The number of carbonyl (C=O) groups excluding carboxylic acids is 1. The van der Waals surface area contributed by atoms with E-state index < -0.39 is 0 Å². The Morgan fingerprint density at radius 1 is 1.38 bits per heavy atom. The zero-order chi connectivity index (χ0) is 11.5. The fourth-order valence-electron chi connectivity index (χ4n) is 2.81. The first-order chi connectivity index (χ1) is 7.74. The molecule has 2 aliphatic heterocycles. The van der Waals surface area contributed by atoms with Crippen LogP contribution < -0.4 is 0 Å². The lowest BCUT2D eigenvalue weighted by Gasteiger charge is -2.36. The standard InChI is InChI=1S/C12H21ClN2O/c1-2-14-5-3-11(4-6-14)15-9-10(8-13)7-12(15)16/h10-11H,2-9H2,1H3. The van der Waals surface area contributed by atoms with Crippen LogP contribution in [0, 0.1) is 5.92 Å². The van der Waals surface area contributed by atoms with Gasteiger partial charge in [0.15, 0.2) is 0 Å². The molecule has 0 aromatic rings. The summed E-state index contributed by atoms with van der Waals surface area (Å²) in [5.41, 5.74) is 0. The molecule has 2 saturated heterocycles. The molecule has 1 amide bonds. The van der Waals surface area contributed by atoms with Crippen molar-refractivity contribution in [1.29, 1.82) is 0 Å². The minimum Gasteiger partial charge on any atom is -0.339 e. The number of piperidine rings is 1. The largest absolute Gasteiger partial charge is 0.339 e. The van der Waals surface area contributed by atoms with Crippen LogP contribution in [0.25, 0.3) is 0 Å². The van der Waals surface area contributed by atoms with Gasteiger partial charge in [0, 0.05) is 38.0 Å². The first-order valence-electron chi connectivity index (χ1n) is 6.32. The maximum Gasteiger partial charge on any atom is 0.223 e. The topological polar surface area (TPSA) is 23.6 Å². The van der Waals surface area contributed by atoms with Crippen LogP contribution in [-0.4, -0.2) is 53.8 Å². The third-order valence-electron chi connectivity index (χ3n) is 3.90. The molecule has 2 fully saturated rings. The van der Waals surface area contributed by atoms with Crippen LogP contribution in [0.1, 0.15) is 26.2 Å². The van der Waals surface area contributed by atoms with E-state index in [0.717, 1.165) is 39.0 Å². The number of halogens is 1. The number of hydrogen-bond acceptors (Lipinski definition) is 2. The van der Waals surface area contributed by atoms with Crippen molar-refractivity contribution in [2.24, 2.45) is 5.92 Å². The van der Waals surface area contributed by atoms with Crippen LogP contribution in [0.5, 0.6) is 0 Å². The molecule has 0 radical (unpaired) electrons. The fourth-order valence-corrected chi connectivity index (χ4v) is 3.02. The zero-order valence-electron chi connectivity index (χ0n) is 9.99. The van der Waals surface area contributed by atoms with Gasteiger partial charge in [-0.2, -0.15) is 0 Å². The second-order valence-electron chi connectivity index (χ2n) is 4.94. The molecule has 2 heterocycles. The quantitative estimate of drug-likeness (QED) is 0.704. The fraction of sp³-hybridized carbons (Fsp3) is 0.917. The number of nitrogens with zero attached hydrogens (tertiary/aromatic N) is 2. The number of likely N-dealkylation sites (tertiary alicyclic amines) is 2. The van der Waals surface area contributed by atoms with Gasteiger partial charge in [-0.3, -0.25) is 4.79 Å². The maximum atomic E-state index is 11.8. The smallest absolute Gasteiger partial charge is 0.223 e. The van der Waals surface area contributed by atoms with Crippen molar-refractivity contribution in [3.8, 4) is 0 Å². The molecule has 3 nitrogen and oxygen atoms in total. The Hall–Kier alpha value is -0.280. The highest BCUT2D eigenvalue weighted by Crippen LogP contribution is 2.25. The van der Waals surface area contributed by atoms with Gasteiger partial charge in [-0.1, -0.05) is 6.92 Å². The van der Waals surface area contributed by atoms with Crippen molar-refractivity contribution in [1.82, 2.24) is 9.80 Å². The highest BCUT2D eigenvalue weighted by atomic mass is 35.5. The Morgan fingerprint density at radius 3 is 2.56 bits per heavy atom. The normalized spacial score (nSPS) is 29.0. The molecule has 2 rings (SSSR count). The van der Waals surface area contributed by atoms with Gasteiger partial charge in [0.1, 0.15) is 0 Å². The summed E-state index contributed by atoms with van der Waals surface area (Å²) < 4.78 is 0. The van der Waals surface area contributed by atoms with Crippen LogP contribution in [0.4, 0.5) is 0 Å². The summed E-state index contributed by atoms with van der Waals surface area (Å²) in [5.74, 6) is 1.33. The summed E-state index contributed by atoms with van der Waals surface area (Å²) in [4.78, 5) is 16.4. The number of hydrogen-bond donors (Lipinski definition) is 0. The molecule has 0 bridgehead atoms. The number of carbonyl (C=O) groups is 1. The number of amides is 1. The lowest BCUT2D eigenvalue weighted by molar-refractivity contribution is -0.130. The second-order valence-corrected chi connectivity index (χ2v) is 5.24. The van der Waals surface area contributed by atoms with Gasteiger partial charge in [-0.15, -0.1) is 11.6 Å². The monoisotopic (exact) mass is 244 g/mol. The van der Waals surface area contributed by atoms with E-state index in [9.17, 15) is 4.79 Å². The predicted octanol–water partition coefficient (Wildman–Crippen LogP) is 1.56. The third-order valence-corrected chi connectivity index (χ3v) is 4.34. The van der Waals surface area contributed by atoms with Gasteiger partial charge in [0.05, 0.1) is 0 Å². The van der Waals surface area contributed by atoms with Crippen LogP contribution in [0.15, 0.2) is 0 Å². The second kappa shape index (κ2) is 5.37. The molecule has 1 unspecified atom stereocenters. The van der Waals surface area contributed by atoms with Gasteiger partial charge >= 0.3 is 0 Å². The van der Waals surface area contributed by atoms with Gasteiger partial charge in [0.25, 0.3) is 0 Å². The van der Waals surface area contributed by atoms with Crippen LogP contribution in [0.3, 0.4) is 0 Å². The molecule has 0 aliphatic carbocycles. The molecule has 0 aromatic carbocycles. The lowest BCUT2D eigenvalue weighted by Crippen LogP contribution is -2.45. The number of alkyl halides is 1. The Labute approximate surface area is 103 Å². The molecule has 0 spiro atoms. The van der Waals surface area contributed by atoms with Crippen LogP contribution in [0.2, 0.25) is 0 Å². The molecule has 0 saturated carbocycles. The lowest BCUT2D eigenvalue weighted by atomic mass is 10.0. The summed E-state index contributed by atoms with van der Waals surface area (Å²) in [7, 11) is 0. The molecule has 4 heteroatoms. The molecule has 0 N–H and O–H groups in total. The first-order valence-corrected chi connectivity index (χ1v) is 6.85.